The minimum Gasteiger partial charge on any atom is -0.550 e. The van der Waals surface area contributed by atoms with Gasteiger partial charge >= 0.3 is 22.4 Å². The van der Waals surface area contributed by atoms with Gasteiger partial charge in [0.05, 0.1) is 0 Å². The number of carboxylic acids is 1. The molecule has 0 aliphatic carbocycles. The molecule has 64 valence electrons. The molecule has 2 N–H and O–H groups in total. The Labute approximate surface area is 76.8 Å². The smallest absolute Gasteiger partial charge is 0.550 e. The minimum absolute atomic E-state index is 0. The van der Waals surface area contributed by atoms with Gasteiger partial charge in [0.1, 0.15) is 0 Å². The Morgan fingerprint density at radius 2 is 2.00 bits per heavy atom. The minimum atomic E-state index is -0.995. The number of carbonyl (C=O) groups is 1. The quantitative estimate of drug-likeness (QED) is 0.509. The first-order chi connectivity index (χ1) is 4.18. The van der Waals surface area contributed by atoms with E-state index in [9.17, 15) is 9.90 Å². The molecule has 0 aromatic carbocycles. The molecule has 10 heavy (non-hydrogen) atoms. The van der Waals surface area contributed by atoms with Crippen LogP contribution in [0.2, 0.25) is 0 Å². The fourth-order valence-corrected chi connectivity index (χ4v) is 0. The SMILES string of the molecule is C=CCN.CCC(=O)[O-].[Ag+]. The van der Waals surface area contributed by atoms with Crippen molar-refractivity contribution < 1.29 is 32.3 Å². The van der Waals surface area contributed by atoms with Gasteiger partial charge < -0.3 is 15.6 Å². The molecule has 0 aromatic rings. The predicted octanol–water partition coefficient (Wildman–Crippen LogP) is -0.725. The van der Waals surface area contributed by atoms with E-state index in [0.717, 1.165) is 0 Å². The first-order valence-electron chi connectivity index (χ1n) is 2.69. The Morgan fingerprint density at radius 3 is 2.00 bits per heavy atom. The summed E-state index contributed by atoms with van der Waals surface area (Å²) in [6.07, 6.45) is 1.76. The Bertz CT molecular complexity index is 85.8. The summed E-state index contributed by atoms with van der Waals surface area (Å²) in [7, 11) is 0. The molecule has 0 aliphatic heterocycles. The van der Waals surface area contributed by atoms with Crippen LogP contribution in [0.3, 0.4) is 0 Å². The van der Waals surface area contributed by atoms with Crippen molar-refractivity contribution in [2.24, 2.45) is 5.73 Å². The number of hydrogen-bond acceptors (Lipinski definition) is 3. The Morgan fingerprint density at radius 1 is 1.80 bits per heavy atom. The summed E-state index contributed by atoms with van der Waals surface area (Å²) in [4.78, 5) is 9.26. The van der Waals surface area contributed by atoms with Gasteiger partial charge in [-0.3, -0.25) is 0 Å². The summed E-state index contributed by atoms with van der Waals surface area (Å²) in [6.45, 7) is 5.47. The number of nitrogens with two attached hydrogens (primary N) is 1. The first kappa shape index (κ1) is 16.5. The molecule has 0 fully saturated rings. The van der Waals surface area contributed by atoms with Crippen molar-refractivity contribution in [2.45, 2.75) is 13.3 Å². The molecule has 0 saturated carbocycles. The van der Waals surface area contributed by atoms with Crippen molar-refractivity contribution in [1.29, 1.82) is 0 Å². The van der Waals surface area contributed by atoms with Crippen LogP contribution >= 0.6 is 0 Å². The molecule has 0 bridgehead atoms. The summed E-state index contributed by atoms with van der Waals surface area (Å²) < 4.78 is 0. The van der Waals surface area contributed by atoms with Gasteiger partial charge in [-0.15, -0.1) is 6.58 Å². The average Bonchev–Trinajstić information content (AvgIpc) is 1.89. The number of carboxylic acid groups (broad SMARTS) is 1. The summed E-state index contributed by atoms with van der Waals surface area (Å²) >= 11 is 0. The second-order valence-electron chi connectivity index (χ2n) is 1.25. The van der Waals surface area contributed by atoms with Crippen molar-refractivity contribution in [3.63, 3.8) is 0 Å². The van der Waals surface area contributed by atoms with E-state index in [1.807, 2.05) is 0 Å². The van der Waals surface area contributed by atoms with E-state index < -0.39 is 5.97 Å². The topological polar surface area (TPSA) is 66.2 Å². The molecule has 0 amide bonds. The van der Waals surface area contributed by atoms with Gasteiger partial charge in [0.15, 0.2) is 0 Å². The van der Waals surface area contributed by atoms with Gasteiger partial charge in [0.2, 0.25) is 0 Å². The molecule has 0 spiro atoms. The second-order valence-corrected chi connectivity index (χ2v) is 1.25. The molecule has 3 nitrogen and oxygen atoms in total. The maximum atomic E-state index is 9.26. The zero-order valence-corrected chi connectivity index (χ0v) is 7.38. The van der Waals surface area contributed by atoms with Crippen molar-refractivity contribution in [3.8, 4) is 0 Å². The van der Waals surface area contributed by atoms with Crippen LogP contribution in [0.5, 0.6) is 0 Å². The van der Waals surface area contributed by atoms with E-state index >= 15 is 0 Å². The molecule has 0 saturated heterocycles. The molecular weight excluding hydrogens is 226 g/mol. The van der Waals surface area contributed by atoms with Gasteiger partial charge in [-0.25, -0.2) is 0 Å². The van der Waals surface area contributed by atoms with Crippen LogP contribution in [-0.4, -0.2) is 12.5 Å². The molecular formula is C6H12AgNO2. The molecule has 0 rings (SSSR count). The van der Waals surface area contributed by atoms with Crippen molar-refractivity contribution in [3.05, 3.63) is 12.7 Å². The van der Waals surface area contributed by atoms with Crippen molar-refractivity contribution >= 4 is 5.97 Å². The van der Waals surface area contributed by atoms with Crippen molar-refractivity contribution in [1.82, 2.24) is 0 Å². The van der Waals surface area contributed by atoms with Gasteiger partial charge in [-0.2, -0.15) is 0 Å². The van der Waals surface area contributed by atoms with E-state index in [-0.39, 0.29) is 28.8 Å². The van der Waals surface area contributed by atoms with Crippen LogP contribution in [-0.2, 0) is 27.2 Å². The number of rotatable bonds is 2. The van der Waals surface area contributed by atoms with Crippen LogP contribution in [0.4, 0.5) is 0 Å². The zero-order valence-electron chi connectivity index (χ0n) is 5.89. The van der Waals surface area contributed by atoms with E-state index in [2.05, 4.69) is 6.58 Å². The summed E-state index contributed by atoms with van der Waals surface area (Å²) in [5.74, 6) is -0.995. The number of aliphatic carboxylic acids is 1. The normalized spacial score (nSPS) is 6.20. The summed E-state index contributed by atoms with van der Waals surface area (Å²) in [5.41, 5.74) is 4.91. The number of carbonyl (C=O) groups excluding carboxylic acids is 1. The van der Waals surface area contributed by atoms with Crippen LogP contribution < -0.4 is 10.8 Å². The Hall–Kier alpha value is -0.0897. The fraction of sp³-hybridized carbons (Fsp3) is 0.500. The summed E-state index contributed by atoms with van der Waals surface area (Å²) in [6, 6.07) is 0. The van der Waals surface area contributed by atoms with Crippen LogP contribution in [0.1, 0.15) is 13.3 Å². The fourth-order valence-electron chi connectivity index (χ4n) is 0. The predicted molar refractivity (Wildman–Crippen MR) is 34.5 cm³/mol. The maximum absolute atomic E-state index is 9.26. The molecule has 0 aromatic heterocycles. The molecule has 0 aliphatic rings. The molecule has 0 unspecified atom stereocenters. The van der Waals surface area contributed by atoms with Gasteiger partial charge in [0, 0.05) is 12.5 Å². The van der Waals surface area contributed by atoms with E-state index in [4.69, 9.17) is 5.73 Å². The average molecular weight is 238 g/mol. The maximum Gasteiger partial charge on any atom is 1.00 e. The molecule has 0 atom stereocenters. The third kappa shape index (κ3) is 44.6. The zero-order chi connectivity index (χ0) is 7.70. The standard InChI is InChI=1S/C3H7N.C3H6O2.Ag/c1-2-3-4;1-2-3(4)5;/h2H,1,3-4H2;2H2,1H3,(H,4,5);/q;;+1/p-1. The largest absolute Gasteiger partial charge is 1.00 e. The molecule has 4 heteroatoms. The van der Waals surface area contributed by atoms with Crippen LogP contribution in [0, 0.1) is 0 Å². The third-order valence-corrected chi connectivity index (χ3v) is 0.455. The van der Waals surface area contributed by atoms with Crippen LogP contribution in [0.15, 0.2) is 12.7 Å². The van der Waals surface area contributed by atoms with Crippen molar-refractivity contribution in [2.75, 3.05) is 6.54 Å². The molecule has 0 heterocycles. The molecule has 0 radical (unpaired) electrons. The van der Waals surface area contributed by atoms with Gasteiger partial charge in [-0.1, -0.05) is 13.0 Å². The van der Waals surface area contributed by atoms with E-state index in [1.165, 1.54) is 6.92 Å². The third-order valence-electron chi connectivity index (χ3n) is 0.455. The monoisotopic (exact) mass is 237 g/mol. The van der Waals surface area contributed by atoms with Gasteiger partial charge in [-0.05, 0) is 6.42 Å². The first-order valence-corrected chi connectivity index (χ1v) is 2.69. The number of hydrogen-bond donors (Lipinski definition) is 1. The van der Waals surface area contributed by atoms with Gasteiger partial charge in [0.25, 0.3) is 0 Å². The van der Waals surface area contributed by atoms with E-state index in [1.54, 1.807) is 6.08 Å². The summed E-state index contributed by atoms with van der Waals surface area (Å²) in [5, 5.41) is 9.26. The van der Waals surface area contributed by atoms with Crippen LogP contribution in [0.25, 0.3) is 0 Å². The second kappa shape index (κ2) is 16.0. The van der Waals surface area contributed by atoms with E-state index in [0.29, 0.717) is 6.54 Å². The Balaban J connectivity index is -0.0000000910. The Kier molecular flexibility index (Phi) is 26.3.